The number of aromatic amines is 1. The lowest BCUT2D eigenvalue weighted by molar-refractivity contribution is 0.102. The van der Waals surface area contributed by atoms with Gasteiger partial charge in [0.25, 0.3) is 11.5 Å². The Morgan fingerprint density at radius 2 is 1.79 bits per heavy atom. The zero-order valence-electron chi connectivity index (χ0n) is 17.5. The average Bonchev–Trinajstić information content (AvgIpc) is 2.81. The molecular weight excluding hydrogens is 426 g/mol. The van der Waals surface area contributed by atoms with Crippen molar-refractivity contribution < 1.29 is 13.6 Å². The van der Waals surface area contributed by atoms with Crippen LogP contribution in [0.2, 0.25) is 0 Å². The molecule has 2 aromatic carbocycles. The van der Waals surface area contributed by atoms with E-state index in [2.05, 4.69) is 20.6 Å². The molecule has 8 heteroatoms. The first-order chi connectivity index (χ1) is 16.0. The molecule has 6 nitrogen and oxygen atoms in total. The first-order valence-corrected chi connectivity index (χ1v) is 10.7. The number of pyridine rings is 2. The molecule has 2 aromatic heterocycles. The lowest BCUT2D eigenvalue weighted by atomic mass is 9.90. The Morgan fingerprint density at radius 3 is 2.58 bits per heavy atom. The maximum absolute atomic E-state index is 14.9. The number of aryl methyl sites for hydroxylation is 1. The number of benzene rings is 2. The first-order valence-electron chi connectivity index (χ1n) is 10.7. The molecule has 0 unspecified atom stereocenters. The quantitative estimate of drug-likeness (QED) is 0.408. The van der Waals surface area contributed by atoms with Crippen molar-refractivity contribution >= 4 is 34.0 Å². The van der Waals surface area contributed by atoms with Gasteiger partial charge < -0.3 is 15.6 Å². The molecule has 5 rings (SSSR count). The van der Waals surface area contributed by atoms with E-state index in [9.17, 15) is 18.4 Å². The molecule has 2 heterocycles. The Kier molecular flexibility index (Phi) is 5.34. The summed E-state index contributed by atoms with van der Waals surface area (Å²) in [4.78, 5) is 31.9. The van der Waals surface area contributed by atoms with Gasteiger partial charge in [0, 0.05) is 28.4 Å². The van der Waals surface area contributed by atoms with Crippen LogP contribution in [0.1, 0.15) is 34.3 Å². The molecule has 0 fully saturated rings. The van der Waals surface area contributed by atoms with E-state index in [1.165, 1.54) is 30.3 Å². The molecule has 1 aliphatic rings. The molecule has 0 aliphatic heterocycles. The summed E-state index contributed by atoms with van der Waals surface area (Å²) in [5.41, 5.74) is 3.30. The predicted molar refractivity (Wildman–Crippen MR) is 123 cm³/mol. The monoisotopic (exact) mass is 446 g/mol. The van der Waals surface area contributed by atoms with Crippen molar-refractivity contribution in [3.63, 3.8) is 0 Å². The molecule has 0 atom stereocenters. The van der Waals surface area contributed by atoms with Crippen molar-refractivity contribution in [3.8, 4) is 0 Å². The second kappa shape index (κ2) is 8.46. The molecule has 33 heavy (non-hydrogen) atoms. The van der Waals surface area contributed by atoms with Gasteiger partial charge >= 0.3 is 0 Å². The number of aromatic nitrogens is 2. The van der Waals surface area contributed by atoms with Crippen LogP contribution in [-0.4, -0.2) is 15.9 Å². The van der Waals surface area contributed by atoms with Gasteiger partial charge in [-0.15, -0.1) is 0 Å². The first kappa shape index (κ1) is 20.8. The Morgan fingerprint density at radius 1 is 0.970 bits per heavy atom. The summed E-state index contributed by atoms with van der Waals surface area (Å²) in [6, 6.07) is 11.3. The average molecular weight is 446 g/mol. The van der Waals surface area contributed by atoms with Crippen LogP contribution < -0.4 is 16.2 Å². The van der Waals surface area contributed by atoms with Crippen molar-refractivity contribution in [3.05, 3.63) is 93.4 Å². The van der Waals surface area contributed by atoms with E-state index in [0.717, 1.165) is 41.8 Å². The second-order valence-corrected chi connectivity index (χ2v) is 7.98. The highest BCUT2D eigenvalue weighted by molar-refractivity contribution is 6.04. The van der Waals surface area contributed by atoms with Crippen molar-refractivity contribution in [2.75, 3.05) is 10.6 Å². The van der Waals surface area contributed by atoms with E-state index >= 15 is 0 Å². The maximum Gasteiger partial charge on any atom is 0.255 e. The number of rotatable bonds is 4. The lowest BCUT2D eigenvalue weighted by Gasteiger charge is -2.19. The van der Waals surface area contributed by atoms with Gasteiger partial charge in [0.2, 0.25) is 0 Å². The number of hydrogen-bond acceptors (Lipinski definition) is 4. The number of H-pyrrole nitrogens is 1. The fourth-order valence-electron chi connectivity index (χ4n) is 4.25. The smallest absolute Gasteiger partial charge is 0.255 e. The van der Waals surface area contributed by atoms with Gasteiger partial charge in [-0.05, 0) is 73.7 Å². The molecule has 3 N–H and O–H groups in total. The molecule has 0 saturated heterocycles. The zero-order chi connectivity index (χ0) is 22.9. The highest BCUT2D eigenvalue weighted by atomic mass is 19.1. The summed E-state index contributed by atoms with van der Waals surface area (Å²) in [5.74, 6) is -1.64. The summed E-state index contributed by atoms with van der Waals surface area (Å²) in [7, 11) is 0. The Bertz CT molecular complexity index is 1450. The minimum Gasteiger partial charge on any atom is -0.352 e. The standard InChI is InChI=1S/C25H20F2N4O2/c26-15-5-3-4-14(12-15)24(32)29-16-8-9-20(19(27)13-16)30-21-10-11-28-23-22(21)17-6-1-2-7-18(17)25(33)31-23/h3-5,8-13H,1-2,6-7H2,(H,29,32)(H2,28,30,31,33). The number of nitrogens with zero attached hydrogens (tertiary/aromatic N) is 1. The number of carbonyl (C=O) groups is 1. The van der Waals surface area contributed by atoms with Crippen LogP contribution in [-0.2, 0) is 12.8 Å². The van der Waals surface area contributed by atoms with Crippen LogP contribution in [0.15, 0.2) is 59.5 Å². The third kappa shape index (κ3) is 4.07. The molecule has 0 bridgehead atoms. The zero-order valence-corrected chi connectivity index (χ0v) is 17.5. The number of hydrogen-bond donors (Lipinski definition) is 3. The van der Waals surface area contributed by atoms with Crippen LogP contribution in [0.5, 0.6) is 0 Å². The molecule has 0 spiro atoms. The van der Waals surface area contributed by atoms with Crippen molar-refractivity contribution in [1.82, 2.24) is 9.97 Å². The third-order valence-corrected chi connectivity index (χ3v) is 5.81. The number of fused-ring (bicyclic) bond motifs is 3. The summed E-state index contributed by atoms with van der Waals surface area (Å²) in [5, 5.41) is 6.46. The molecule has 1 amide bonds. The van der Waals surface area contributed by atoms with Crippen molar-refractivity contribution in [2.24, 2.45) is 0 Å². The van der Waals surface area contributed by atoms with Gasteiger partial charge in [0.05, 0.1) is 11.4 Å². The topological polar surface area (TPSA) is 86.9 Å². The number of carbonyl (C=O) groups excluding carboxylic acids is 1. The summed E-state index contributed by atoms with van der Waals surface area (Å²) >= 11 is 0. The molecule has 166 valence electrons. The van der Waals surface area contributed by atoms with Crippen LogP contribution in [0.25, 0.3) is 11.0 Å². The maximum atomic E-state index is 14.9. The van der Waals surface area contributed by atoms with E-state index in [1.807, 2.05) is 0 Å². The summed E-state index contributed by atoms with van der Waals surface area (Å²) < 4.78 is 28.3. The van der Waals surface area contributed by atoms with Gasteiger partial charge in [-0.3, -0.25) is 9.59 Å². The van der Waals surface area contributed by atoms with Gasteiger partial charge in [-0.25, -0.2) is 13.8 Å². The Balaban J connectivity index is 1.44. The van der Waals surface area contributed by atoms with Crippen LogP contribution in [0.4, 0.5) is 25.8 Å². The highest BCUT2D eigenvalue weighted by Crippen LogP contribution is 2.32. The number of amides is 1. The van der Waals surface area contributed by atoms with Crippen molar-refractivity contribution in [2.45, 2.75) is 25.7 Å². The van der Waals surface area contributed by atoms with E-state index in [4.69, 9.17) is 0 Å². The SMILES string of the molecule is O=C(Nc1ccc(Nc2ccnc3[nH]c(=O)c4c(c23)CCCC4)c(F)c1)c1cccc(F)c1. The fourth-order valence-corrected chi connectivity index (χ4v) is 4.25. The van der Waals surface area contributed by atoms with Crippen LogP contribution >= 0.6 is 0 Å². The van der Waals surface area contributed by atoms with E-state index < -0.39 is 17.5 Å². The van der Waals surface area contributed by atoms with E-state index in [1.54, 1.807) is 18.3 Å². The predicted octanol–water partition coefficient (Wildman–Crippen LogP) is 5.08. The van der Waals surface area contributed by atoms with Crippen molar-refractivity contribution in [1.29, 1.82) is 0 Å². The number of halogens is 2. The Hall–Kier alpha value is -4.07. The van der Waals surface area contributed by atoms with Gasteiger partial charge in [0.1, 0.15) is 17.3 Å². The normalized spacial score (nSPS) is 12.9. The second-order valence-electron chi connectivity index (χ2n) is 7.98. The molecule has 0 radical (unpaired) electrons. The number of nitrogens with one attached hydrogen (secondary N) is 3. The van der Waals surface area contributed by atoms with Crippen LogP contribution in [0, 0.1) is 11.6 Å². The highest BCUT2D eigenvalue weighted by Gasteiger charge is 2.19. The molecule has 4 aromatic rings. The van der Waals surface area contributed by atoms with Gasteiger partial charge in [-0.2, -0.15) is 0 Å². The minimum absolute atomic E-state index is 0.119. The minimum atomic E-state index is -0.574. The Labute approximate surface area is 187 Å². The molecule has 1 aliphatic carbocycles. The van der Waals surface area contributed by atoms with E-state index in [-0.39, 0.29) is 22.5 Å². The largest absolute Gasteiger partial charge is 0.352 e. The van der Waals surface area contributed by atoms with Gasteiger partial charge in [0.15, 0.2) is 0 Å². The van der Waals surface area contributed by atoms with Gasteiger partial charge in [-0.1, -0.05) is 6.07 Å². The molecule has 0 saturated carbocycles. The fraction of sp³-hybridized carbons (Fsp3) is 0.160. The lowest BCUT2D eigenvalue weighted by Crippen LogP contribution is -2.20. The number of anilines is 3. The van der Waals surface area contributed by atoms with E-state index in [0.29, 0.717) is 17.8 Å². The molecular formula is C25H20F2N4O2. The summed E-state index contributed by atoms with van der Waals surface area (Å²) in [6.07, 6.45) is 4.98. The summed E-state index contributed by atoms with van der Waals surface area (Å²) in [6.45, 7) is 0. The van der Waals surface area contributed by atoms with Crippen LogP contribution in [0.3, 0.4) is 0 Å². The third-order valence-electron chi connectivity index (χ3n) is 5.81.